The SMILES string of the molecule is C[C@@H]1CCCC[C@H]1NC(=O)[C@@H](C)OC(=O)c1ccccc1I. The molecule has 4 nitrogen and oxygen atoms in total. The normalized spacial score (nSPS) is 22.7. The number of esters is 1. The third-order valence-corrected chi connectivity index (χ3v) is 5.13. The second kappa shape index (κ2) is 7.94. The first-order valence-electron chi connectivity index (χ1n) is 7.75. The van der Waals surface area contributed by atoms with Gasteiger partial charge in [0, 0.05) is 9.61 Å². The topological polar surface area (TPSA) is 55.4 Å². The second-order valence-electron chi connectivity index (χ2n) is 5.90. The Hall–Kier alpha value is -1.11. The van der Waals surface area contributed by atoms with Crippen molar-refractivity contribution in [1.82, 2.24) is 5.32 Å². The molecule has 0 bridgehead atoms. The van der Waals surface area contributed by atoms with Crippen molar-refractivity contribution in [3.8, 4) is 0 Å². The first kappa shape index (κ1) is 17.2. The number of carbonyl (C=O) groups excluding carboxylic acids is 2. The van der Waals surface area contributed by atoms with Crippen LogP contribution in [-0.2, 0) is 9.53 Å². The number of halogens is 1. The average Bonchev–Trinajstić information content (AvgIpc) is 2.49. The van der Waals surface area contributed by atoms with E-state index in [-0.39, 0.29) is 11.9 Å². The number of hydrogen-bond acceptors (Lipinski definition) is 3. The molecule has 120 valence electrons. The van der Waals surface area contributed by atoms with Gasteiger partial charge in [-0.1, -0.05) is 31.9 Å². The summed E-state index contributed by atoms with van der Waals surface area (Å²) in [4.78, 5) is 24.3. The van der Waals surface area contributed by atoms with Gasteiger partial charge in [0.05, 0.1) is 5.56 Å². The summed E-state index contributed by atoms with van der Waals surface area (Å²) in [6, 6.07) is 7.38. The van der Waals surface area contributed by atoms with Gasteiger partial charge in [0.2, 0.25) is 0 Å². The molecule has 0 heterocycles. The van der Waals surface area contributed by atoms with E-state index in [4.69, 9.17) is 4.74 Å². The molecule has 0 aliphatic heterocycles. The molecule has 1 aromatic rings. The summed E-state index contributed by atoms with van der Waals surface area (Å²) in [5.41, 5.74) is 0.494. The molecule has 0 unspecified atom stereocenters. The zero-order valence-corrected chi connectivity index (χ0v) is 15.1. The van der Waals surface area contributed by atoms with Gasteiger partial charge < -0.3 is 10.1 Å². The maximum Gasteiger partial charge on any atom is 0.339 e. The highest BCUT2D eigenvalue weighted by atomic mass is 127. The maximum absolute atomic E-state index is 12.2. The molecule has 1 amide bonds. The molecule has 2 rings (SSSR count). The molecule has 1 aliphatic rings. The maximum atomic E-state index is 12.2. The number of rotatable bonds is 4. The Morgan fingerprint density at radius 1 is 1.27 bits per heavy atom. The summed E-state index contributed by atoms with van der Waals surface area (Å²) in [6.45, 7) is 3.78. The molecule has 1 aliphatic carbocycles. The van der Waals surface area contributed by atoms with Crippen LogP contribution in [-0.4, -0.2) is 24.0 Å². The van der Waals surface area contributed by atoms with Gasteiger partial charge in [0.25, 0.3) is 5.91 Å². The van der Waals surface area contributed by atoms with E-state index in [0.717, 1.165) is 22.8 Å². The molecule has 3 atom stereocenters. The number of ether oxygens (including phenoxy) is 1. The Labute approximate surface area is 145 Å². The molecule has 1 fully saturated rings. The molecule has 1 aromatic carbocycles. The highest BCUT2D eigenvalue weighted by Gasteiger charge is 2.26. The fourth-order valence-corrected chi connectivity index (χ4v) is 3.34. The summed E-state index contributed by atoms with van der Waals surface area (Å²) in [5.74, 6) is -0.182. The molecule has 5 heteroatoms. The lowest BCUT2D eigenvalue weighted by Gasteiger charge is -2.30. The number of benzene rings is 1. The minimum Gasteiger partial charge on any atom is -0.449 e. The molecule has 1 saturated carbocycles. The van der Waals surface area contributed by atoms with Crippen molar-refractivity contribution < 1.29 is 14.3 Å². The van der Waals surface area contributed by atoms with Gasteiger partial charge in [0.1, 0.15) is 0 Å². The van der Waals surface area contributed by atoms with Crippen LogP contribution in [0.1, 0.15) is 49.9 Å². The van der Waals surface area contributed by atoms with Gasteiger partial charge in [0.15, 0.2) is 6.10 Å². The van der Waals surface area contributed by atoms with E-state index < -0.39 is 12.1 Å². The van der Waals surface area contributed by atoms with Crippen LogP contribution in [0.5, 0.6) is 0 Å². The van der Waals surface area contributed by atoms with E-state index in [9.17, 15) is 9.59 Å². The van der Waals surface area contributed by atoms with E-state index in [1.807, 2.05) is 12.1 Å². The Morgan fingerprint density at radius 2 is 1.95 bits per heavy atom. The molecule has 1 N–H and O–H groups in total. The average molecular weight is 415 g/mol. The first-order valence-corrected chi connectivity index (χ1v) is 8.83. The zero-order valence-electron chi connectivity index (χ0n) is 13.0. The van der Waals surface area contributed by atoms with Crippen LogP contribution < -0.4 is 5.32 Å². The van der Waals surface area contributed by atoms with Crippen LogP contribution in [0.15, 0.2) is 24.3 Å². The smallest absolute Gasteiger partial charge is 0.339 e. The molecular weight excluding hydrogens is 393 g/mol. The van der Waals surface area contributed by atoms with Crippen molar-refractivity contribution in [2.75, 3.05) is 0 Å². The van der Waals surface area contributed by atoms with E-state index >= 15 is 0 Å². The molecule has 0 saturated heterocycles. The van der Waals surface area contributed by atoms with Crippen LogP contribution in [0.4, 0.5) is 0 Å². The van der Waals surface area contributed by atoms with E-state index in [1.165, 1.54) is 6.42 Å². The predicted molar refractivity (Wildman–Crippen MR) is 93.6 cm³/mol. The van der Waals surface area contributed by atoms with Crippen LogP contribution in [0.25, 0.3) is 0 Å². The first-order chi connectivity index (χ1) is 10.5. The van der Waals surface area contributed by atoms with Gasteiger partial charge in [-0.05, 0) is 60.4 Å². The zero-order chi connectivity index (χ0) is 16.1. The highest BCUT2D eigenvalue weighted by Crippen LogP contribution is 2.23. The number of carbonyl (C=O) groups is 2. The minimum atomic E-state index is -0.780. The summed E-state index contributed by atoms with van der Waals surface area (Å²) in [6.07, 6.45) is 3.74. The third kappa shape index (κ3) is 4.44. The largest absolute Gasteiger partial charge is 0.449 e. The standard InChI is InChI=1S/C17H22INO3/c1-11-7-3-6-10-15(11)19-16(20)12(2)22-17(21)13-8-4-5-9-14(13)18/h4-5,8-9,11-12,15H,3,6-7,10H2,1-2H3,(H,19,20)/t11-,12-,15-/m1/s1. The lowest BCUT2D eigenvalue weighted by molar-refractivity contribution is -0.130. The molecule has 0 radical (unpaired) electrons. The quantitative estimate of drug-likeness (QED) is 0.605. The van der Waals surface area contributed by atoms with E-state index in [2.05, 4.69) is 34.8 Å². The lowest BCUT2D eigenvalue weighted by Crippen LogP contribution is -2.46. The highest BCUT2D eigenvalue weighted by molar-refractivity contribution is 14.1. The fraction of sp³-hybridized carbons (Fsp3) is 0.529. The fourth-order valence-electron chi connectivity index (χ4n) is 2.74. The number of amides is 1. The number of nitrogens with one attached hydrogen (secondary N) is 1. The molecule has 22 heavy (non-hydrogen) atoms. The third-order valence-electron chi connectivity index (χ3n) is 4.19. The number of hydrogen-bond donors (Lipinski definition) is 1. The van der Waals surface area contributed by atoms with Gasteiger partial charge in [-0.3, -0.25) is 4.79 Å². The molecular formula is C17H22INO3. The van der Waals surface area contributed by atoms with Crippen LogP contribution in [0.2, 0.25) is 0 Å². The van der Waals surface area contributed by atoms with Gasteiger partial charge in [-0.2, -0.15) is 0 Å². The van der Waals surface area contributed by atoms with Gasteiger partial charge in [-0.25, -0.2) is 4.79 Å². The van der Waals surface area contributed by atoms with Crippen molar-refractivity contribution in [2.45, 2.75) is 51.7 Å². The molecule has 0 spiro atoms. The summed E-state index contributed by atoms with van der Waals surface area (Å²) >= 11 is 2.09. The van der Waals surface area contributed by atoms with E-state index in [1.54, 1.807) is 19.1 Å². The van der Waals surface area contributed by atoms with Gasteiger partial charge in [-0.15, -0.1) is 0 Å². The van der Waals surface area contributed by atoms with Crippen molar-refractivity contribution >= 4 is 34.5 Å². The second-order valence-corrected chi connectivity index (χ2v) is 7.07. The van der Waals surface area contributed by atoms with Crippen molar-refractivity contribution in [1.29, 1.82) is 0 Å². The van der Waals surface area contributed by atoms with E-state index in [0.29, 0.717) is 11.5 Å². The van der Waals surface area contributed by atoms with Crippen LogP contribution >= 0.6 is 22.6 Å². The summed E-state index contributed by atoms with van der Waals surface area (Å²) < 4.78 is 6.12. The monoisotopic (exact) mass is 415 g/mol. The Kier molecular flexibility index (Phi) is 6.23. The van der Waals surface area contributed by atoms with Gasteiger partial charge >= 0.3 is 5.97 Å². The van der Waals surface area contributed by atoms with Crippen LogP contribution in [0.3, 0.4) is 0 Å². The van der Waals surface area contributed by atoms with Crippen molar-refractivity contribution in [3.05, 3.63) is 33.4 Å². The predicted octanol–water partition coefficient (Wildman–Crippen LogP) is 3.53. The molecule has 0 aromatic heterocycles. The summed E-state index contributed by atoms with van der Waals surface area (Å²) in [7, 11) is 0. The van der Waals surface area contributed by atoms with Crippen LogP contribution in [0, 0.1) is 9.49 Å². The summed E-state index contributed by atoms with van der Waals surface area (Å²) in [5, 5.41) is 3.02. The minimum absolute atomic E-state index is 0.194. The Balaban J connectivity index is 1.91. The Bertz CT molecular complexity index is 546. The lowest BCUT2D eigenvalue weighted by atomic mass is 9.86. The van der Waals surface area contributed by atoms with Crippen molar-refractivity contribution in [3.63, 3.8) is 0 Å². The van der Waals surface area contributed by atoms with Crippen molar-refractivity contribution in [2.24, 2.45) is 5.92 Å². The Morgan fingerprint density at radius 3 is 2.64 bits per heavy atom.